The Morgan fingerprint density at radius 3 is 2.71 bits per heavy atom. The zero-order valence-electron chi connectivity index (χ0n) is 10.7. The number of hydrogen-bond acceptors (Lipinski definition) is 4. The smallest absolute Gasteiger partial charge is 0.267 e. The minimum absolute atomic E-state index is 0.106. The van der Waals surface area contributed by atoms with Crippen molar-refractivity contribution in [1.29, 1.82) is 0 Å². The number of halogens is 1. The molecule has 0 atom stereocenters. The van der Waals surface area contributed by atoms with Crippen molar-refractivity contribution >= 4 is 17.8 Å². The standard InChI is InChI=1S/C14H10FN3O3/c15-12-6-3-5-10(8-12)14(19)17-16-9-11-4-1-2-7-13(11)18(20)21/h1-9H,(H,17,19)/b16-9-. The molecule has 0 aromatic heterocycles. The van der Waals surface area contributed by atoms with Gasteiger partial charge in [-0.25, -0.2) is 9.82 Å². The average Bonchev–Trinajstić information content (AvgIpc) is 2.47. The number of para-hydroxylation sites is 1. The fourth-order valence-corrected chi connectivity index (χ4v) is 1.62. The molecule has 106 valence electrons. The third-order valence-electron chi connectivity index (χ3n) is 2.59. The first-order valence-corrected chi connectivity index (χ1v) is 5.90. The van der Waals surface area contributed by atoms with Crippen LogP contribution in [0.15, 0.2) is 53.6 Å². The number of nitrogens with one attached hydrogen (secondary N) is 1. The maximum atomic E-state index is 13.0. The van der Waals surface area contributed by atoms with Crippen LogP contribution in [0.4, 0.5) is 10.1 Å². The quantitative estimate of drug-likeness (QED) is 0.532. The number of amides is 1. The van der Waals surface area contributed by atoms with Crippen LogP contribution in [0.3, 0.4) is 0 Å². The Morgan fingerprint density at radius 1 is 1.24 bits per heavy atom. The highest BCUT2D eigenvalue weighted by atomic mass is 19.1. The Balaban J connectivity index is 2.09. The lowest BCUT2D eigenvalue weighted by molar-refractivity contribution is -0.385. The van der Waals surface area contributed by atoms with E-state index in [2.05, 4.69) is 10.5 Å². The number of benzene rings is 2. The molecule has 0 aliphatic rings. The molecule has 0 radical (unpaired) electrons. The number of carbonyl (C=O) groups excluding carboxylic acids is 1. The van der Waals surface area contributed by atoms with Gasteiger partial charge < -0.3 is 0 Å². The number of rotatable bonds is 4. The van der Waals surface area contributed by atoms with E-state index in [-0.39, 0.29) is 16.8 Å². The minimum atomic E-state index is -0.607. The second-order valence-electron chi connectivity index (χ2n) is 4.03. The van der Waals surface area contributed by atoms with E-state index in [0.717, 1.165) is 12.3 Å². The van der Waals surface area contributed by atoms with Crippen molar-refractivity contribution in [1.82, 2.24) is 5.43 Å². The van der Waals surface area contributed by atoms with Gasteiger partial charge in [-0.2, -0.15) is 5.10 Å². The second-order valence-corrected chi connectivity index (χ2v) is 4.03. The molecule has 0 bridgehead atoms. The fourth-order valence-electron chi connectivity index (χ4n) is 1.62. The van der Waals surface area contributed by atoms with Gasteiger partial charge in [-0.3, -0.25) is 14.9 Å². The Hall–Kier alpha value is -3.09. The lowest BCUT2D eigenvalue weighted by Gasteiger charge is -2.00. The summed E-state index contributed by atoms with van der Waals surface area (Å²) in [6.45, 7) is 0. The van der Waals surface area contributed by atoms with Gasteiger partial charge in [-0.15, -0.1) is 0 Å². The van der Waals surface area contributed by atoms with Gasteiger partial charge in [0.15, 0.2) is 0 Å². The molecule has 0 fully saturated rings. The molecule has 0 saturated heterocycles. The van der Waals surface area contributed by atoms with Crippen LogP contribution in [0.1, 0.15) is 15.9 Å². The molecule has 21 heavy (non-hydrogen) atoms. The van der Waals surface area contributed by atoms with Crippen LogP contribution in [0.25, 0.3) is 0 Å². The third kappa shape index (κ3) is 3.69. The van der Waals surface area contributed by atoms with Gasteiger partial charge in [0.05, 0.1) is 16.7 Å². The van der Waals surface area contributed by atoms with Crippen LogP contribution in [0.2, 0.25) is 0 Å². The number of hydrogen-bond donors (Lipinski definition) is 1. The van der Waals surface area contributed by atoms with E-state index in [0.29, 0.717) is 0 Å². The number of nitro groups is 1. The van der Waals surface area contributed by atoms with Crippen LogP contribution in [-0.4, -0.2) is 17.0 Å². The van der Waals surface area contributed by atoms with Crippen molar-refractivity contribution in [3.8, 4) is 0 Å². The highest BCUT2D eigenvalue weighted by molar-refractivity contribution is 5.95. The monoisotopic (exact) mass is 287 g/mol. The molecule has 0 aliphatic carbocycles. The predicted octanol–water partition coefficient (Wildman–Crippen LogP) is 2.50. The van der Waals surface area contributed by atoms with Gasteiger partial charge in [0.25, 0.3) is 11.6 Å². The summed E-state index contributed by atoms with van der Waals surface area (Å²) in [5.74, 6) is -1.14. The fraction of sp³-hybridized carbons (Fsp3) is 0. The maximum Gasteiger partial charge on any atom is 0.278 e. The SMILES string of the molecule is O=C(N/N=C\c1ccccc1[N+](=O)[O-])c1cccc(F)c1. The molecule has 0 heterocycles. The summed E-state index contributed by atoms with van der Waals surface area (Å²) >= 11 is 0. The normalized spacial score (nSPS) is 10.5. The second kappa shape index (κ2) is 6.38. The third-order valence-corrected chi connectivity index (χ3v) is 2.59. The van der Waals surface area contributed by atoms with Crippen LogP contribution in [0.5, 0.6) is 0 Å². The summed E-state index contributed by atoms with van der Waals surface area (Å²) < 4.78 is 13.0. The maximum absolute atomic E-state index is 13.0. The Kier molecular flexibility index (Phi) is 4.35. The molecule has 2 rings (SSSR count). The van der Waals surface area contributed by atoms with Gasteiger partial charge in [0, 0.05) is 11.6 Å². The van der Waals surface area contributed by atoms with Gasteiger partial charge in [-0.05, 0) is 24.3 Å². The van der Waals surface area contributed by atoms with E-state index in [9.17, 15) is 19.3 Å². The lowest BCUT2D eigenvalue weighted by Crippen LogP contribution is -2.17. The molecule has 0 unspecified atom stereocenters. The van der Waals surface area contributed by atoms with Crippen LogP contribution < -0.4 is 5.43 Å². The first-order valence-electron chi connectivity index (χ1n) is 5.90. The summed E-state index contributed by atoms with van der Waals surface area (Å²) in [6, 6.07) is 11.1. The first-order chi connectivity index (χ1) is 10.1. The van der Waals surface area contributed by atoms with Crippen LogP contribution >= 0.6 is 0 Å². The van der Waals surface area contributed by atoms with Crippen molar-refractivity contribution in [3.63, 3.8) is 0 Å². The topological polar surface area (TPSA) is 84.6 Å². The van der Waals surface area contributed by atoms with E-state index in [1.807, 2.05) is 0 Å². The molecule has 2 aromatic rings. The number of hydrazone groups is 1. The lowest BCUT2D eigenvalue weighted by atomic mass is 10.2. The molecule has 0 spiro atoms. The minimum Gasteiger partial charge on any atom is -0.267 e. The van der Waals surface area contributed by atoms with Crippen molar-refractivity contribution in [2.24, 2.45) is 5.10 Å². The molecule has 6 nitrogen and oxygen atoms in total. The van der Waals surface area contributed by atoms with Crippen molar-refractivity contribution in [3.05, 3.63) is 75.6 Å². The first kappa shape index (κ1) is 14.3. The van der Waals surface area contributed by atoms with Crippen molar-refractivity contribution < 1.29 is 14.1 Å². The molecule has 1 amide bonds. The van der Waals surface area contributed by atoms with Crippen LogP contribution in [-0.2, 0) is 0 Å². The average molecular weight is 287 g/mol. The highest BCUT2D eigenvalue weighted by Crippen LogP contribution is 2.15. The number of nitro benzene ring substituents is 1. The molecular weight excluding hydrogens is 277 g/mol. The summed E-state index contributed by atoms with van der Waals surface area (Å²) in [5.41, 5.74) is 2.42. The van der Waals surface area contributed by atoms with E-state index in [4.69, 9.17) is 0 Å². The Bertz CT molecular complexity index is 716. The number of nitrogens with zero attached hydrogens (tertiary/aromatic N) is 2. The molecule has 1 N–H and O–H groups in total. The summed E-state index contributed by atoms with van der Waals surface area (Å²) in [5, 5.41) is 14.4. The Labute approximate surface area is 119 Å². The molecule has 0 aliphatic heterocycles. The van der Waals surface area contributed by atoms with Crippen LogP contribution in [0, 0.1) is 15.9 Å². The summed E-state index contributed by atoms with van der Waals surface area (Å²) in [6.07, 6.45) is 1.16. The molecule has 0 saturated carbocycles. The van der Waals surface area contributed by atoms with E-state index < -0.39 is 16.6 Å². The largest absolute Gasteiger partial charge is 0.278 e. The molecule has 7 heteroatoms. The van der Waals surface area contributed by atoms with Gasteiger partial charge in [0.1, 0.15) is 5.82 Å². The van der Waals surface area contributed by atoms with Gasteiger partial charge >= 0.3 is 0 Å². The van der Waals surface area contributed by atoms with Crippen molar-refractivity contribution in [2.45, 2.75) is 0 Å². The molecule has 2 aromatic carbocycles. The van der Waals surface area contributed by atoms with Gasteiger partial charge in [0.2, 0.25) is 0 Å². The van der Waals surface area contributed by atoms with Gasteiger partial charge in [-0.1, -0.05) is 18.2 Å². The van der Waals surface area contributed by atoms with E-state index >= 15 is 0 Å². The zero-order chi connectivity index (χ0) is 15.2. The predicted molar refractivity (Wildman–Crippen MR) is 74.6 cm³/mol. The summed E-state index contributed by atoms with van der Waals surface area (Å²) in [7, 11) is 0. The summed E-state index contributed by atoms with van der Waals surface area (Å²) in [4.78, 5) is 21.9. The molecular formula is C14H10FN3O3. The van der Waals surface area contributed by atoms with E-state index in [1.165, 1.54) is 36.4 Å². The van der Waals surface area contributed by atoms with E-state index in [1.54, 1.807) is 6.07 Å². The Morgan fingerprint density at radius 2 is 2.00 bits per heavy atom. The highest BCUT2D eigenvalue weighted by Gasteiger charge is 2.10. The van der Waals surface area contributed by atoms with Crippen molar-refractivity contribution in [2.75, 3.05) is 0 Å². The number of carbonyl (C=O) groups is 1. The zero-order valence-corrected chi connectivity index (χ0v) is 10.7.